The Balaban J connectivity index is 1.69. The average molecular weight is 265 g/mol. The van der Waals surface area contributed by atoms with E-state index in [4.69, 9.17) is 4.74 Å². The largest absolute Gasteiger partial charge is 0.486 e. The number of nitro groups is 1. The molecule has 0 amide bonds. The molecular formula is C14H16FNO3. The molecule has 3 unspecified atom stereocenters. The van der Waals surface area contributed by atoms with E-state index in [0.717, 1.165) is 30.5 Å². The molecule has 2 aliphatic rings. The van der Waals surface area contributed by atoms with Gasteiger partial charge in [0.05, 0.1) is 11.5 Å². The number of halogens is 1. The zero-order valence-corrected chi connectivity index (χ0v) is 10.5. The van der Waals surface area contributed by atoms with Gasteiger partial charge in [0.2, 0.25) is 0 Å². The minimum Gasteiger partial charge on any atom is -0.486 e. The van der Waals surface area contributed by atoms with Crippen LogP contribution in [0, 0.1) is 33.7 Å². The van der Waals surface area contributed by atoms with Gasteiger partial charge in [-0.1, -0.05) is 6.42 Å². The van der Waals surface area contributed by atoms with Gasteiger partial charge in [-0.3, -0.25) is 10.1 Å². The number of ether oxygens (including phenoxy) is 1. The highest BCUT2D eigenvalue weighted by molar-refractivity contribution is 5.46. The number of benzene rings is 1. The van der Waals surface area contributed by atoms with Gasteiger partial charge in [0.25, 0.3) is 0 Å². The van der Waals surface area contributed by atoms with Gasteiger partial charge in [0.1, 0.15) is 5.82 Å². The molecule has 4 nitrogen and oxygen atoms in total. The molecule has 0 aromatic heterocycles. The maximum atomic E-state index is 13.2. The van der Waals surface area contributed by atoms with E-state index >= 15 is 0 Å². The molecule has 5 heteroatoms. The van der Waals surface area contributed by atoms with E-state index in [1.807, 2.05) is 0 Å². The van der Waals surface area contributed by atoms with E-state index < -0.39 is 10.7 Å². The lowest BCUT2D eigenvalue weighted by Crippen LogP contribution is -2.18. The predicted octanol–water partition coefficient (Wildman–Crippen LogP) is 3.55. The summed E-state index contributed by atoms with van der Waals surface area (Å²) in [5.41, 5.74) is -0.162. The molecule has 0 saturated heterocycles. The summed E-state index contributed by atoms with van der Waals surface area (Å²) in [5, 5.41) is 10.9. The Hall–Kier alpha value is -1.65. The van der Waals surface area contributed by atoms with Crippen LogP contribution in [0.5, 0.6) is 5.75 Å². The molecule has 0 spiro atoms. The number of hydrogen-bond donors (Lipinski definition) is 0. The molecular weight excluding hydrogens is 249 g/mol. The summed E-state index contributed by atoms with van der Waals surface area (Å²) in [5.74, 6) is 1.52. The Morgan fingerprint density at radius 2 is 2.21 bits per heavy atom. The number of nitrogens with zero attached hydrogens (tertiary/aromatic N) is 1. The van der Waals surface area contributed by atoms with Crippen LogP contribution in [-0.2, 0) is 0 Å². The molecule has 2 bridgehead atoms. The topological polar surface area (TPSA) is 52.4 Å². The molecule has 102 valence electrons. The summed E-state index contributed by atoms with van der Waals surface area (Å²) in [4.78, 5) is 10.3. The summed E-state index contributed by atoms with van der Waals surface area (Å²) >= 11 is 0. The lowest BCUT2D eigenvalue weighted by Gasteiger charge is -2.21. The van der Waals surface area contributed by atoms with Crippen LogP contribution < -0.4 is 4.74 Å². The second kappa shape index (κ2) is 4.79. The van der Waals surface area contributed by atoms with Gasteiger partial charge in [-0.05, 0) is 43.1 Å². The van der Waals surface area contributed by atoms with Crippen molar-refractivity contribution in [3.8, 4) is 5.75 Å². The van der Waals surface area contributed by atoms with Crippen LogP contribution in [0.3, 0.4) is 0 Å². The third-order valence-corrected chi connectivity index (χ3v) is 4.46. The standard InChI is InChI=1S/C14H16FNO3/c15-12-3-4-13(16(17)18)14(7-12)19-8-11-6-9-1-2-10(11)5-9/h3-4,7,9-11H,1-2,5-6,8H2. The first-order valence-electron chi connectivity index (χ1n) is 6.70. The third-order valence-electron chi connectivity index (χ3n) is 4.46. The maximum absolute atomic E-state index is 13.2. The molecule has 3 atom stereocenters. The second-order valence-corrected chi connectivity index (χ2v) is 5.62. The van der Waals surface area contributed by atoms with E-state index in [-0.39, 0.29) is 11.4 Å². The van der Waals surface area contributed by atoms with Crippen LogP contribution >= 0.6 is 0 Å². The summed E-state index contributed by atoms with van der Waals surface area (Å²) in [6.45, 7) is 0.464. The van der Waals surface area contributed by atoms with E-state index in [9.17, 15) is 14.5 Å². The summed E-state index contributed by atoms with van der Waals surface area (Å²) in [7, 11) is 0. The fraction of sp³-hybridized carbons (Fsp3) is 0.571. The number of hydrogen-bond acceptors (Lipinski definition) is 3. The molecule has 0 N–H and O–H groups in total. The summed E-state index contributed by atoms with van der Waals surface area (Å²) < 4.78 is 18.7. The smallest absolute Gasteiger partial charge is 0.311 e. The molecule has 19 heavy (non-hydrogen) atoms. The fourth-order valence-electron chi connectivity index (χ4n) is 3.53. The van der Waals surface area contributed by atoms with E-state index in [1.54, 1.807) is 0 Å². The number of nitro benzene ring substituents is 1. The zero-order chi connectivity index (χ0) is 13.4. The van der Waals surface area contributed by atoms with E-state index in [1.165, 1.54) is 19.3 Å². The van der Waals surface area contributed by atoms with Crippen molar-refractivity contribution in [2.24, 2.45) is 17.8 Å². The van der Waals surface area contributed by atoms with Gasteiger partial charge in [-0.2, -0.15) is 0 Å². The molecule has 0 heterocycles. The van der Waals surface area contributed by atoms with Crippen molar-refractivity contribution in [3.05, 3.63) is 34.1 Å². The van der Waals surface area contributed by atoms with Crippen molar-refractivity contribution in [1.29, 1.82) is 0 Å². The molecule has 1 aromatic rings. The van der Waals surface area contributed by atoms with Crippen molar-refractivity contribution in [3.63, 3.8) is 0 Å². The number of rotatable bonds is 4. The van der Waals surface area contributed by atoms with Crippen LogP contribution in [0.2, 0.25) is 0 Å². The quantitative estimate of drug-likeness (QED) is 0.618. The molecule has 2 aliphatic carbocycles. The molecule has 0 aliphatic heterocycles. The molecule has 2 saturated carbocycles. The second-order valence-electron chi connectivity index (χ2n) is 5.62. The van der Waals surface area contributed by atoms with Crippen molar-refractivity contribution < 1.29 is 14.1 Å². The molecule has 1 aromatic carbocycles. The Bertz CT molecular complexity index is 505. The zero-order valence-electron chi connectivity index (χ0n) is 10.5. The summed E-state index contributed by atoms with van der Waals surface area (Å²) in [6, 6.07) is 3.35. The molecule has 3 rings (SSSR count). The van der Waals surface area contributed by atoms with Gasteiger partial charge >= 0.3 is 5.69 Å². The van der Waals surface area contributed by atoms with E-state index in [2.05, 4.69) is 0 Å². The average Bonchev–Trinajstić information content (AvgIpc) is 2.98. The van der Waals surface area contributed by atoms with Gasteiger partial charge < -0.3 is 4.74 Å². The Morgan fingerprint density at radius 1 is 1.37 bits per heavy atom. The van der Waals surface area contributed by atoms with Gasteiger partial charge in [-0.15, -0.1) is 0 Å². The Labute approximate surface area is 110 Å². The van der Waals surface area contributed by atoms with Gasteiger partial charge in [0, 0.05) is 12.1 Å². The number of fused-ring (bicyclic) bond motifs is 2. The van der Waals surface area contributed by atoms with Crippen molar-refractivity contribution in [1.82, 2.24) is 0 Å². The van der Waals surface area contributed by atoms with Crippen molar-refractivity contribution in [2.75, 3.05) is 6.61 Å². The third kappa shape index (κ3) is 2.41. The lowest BCUT2D eigenvalue weighted by molar-refractivity contribution is -0.386. The minimum atomic E-state index is -0.532. The highest BCUT2D eigenvalue weighted by Crippen LogP contribution is 2.48. The minimum absolute atomic E-state index is 0.0489. The monoisotopic (exact) mass is 265 g/mol. The molecule has 0 radical (unpaired) electrons. The first-order valence-corrected chi connectivity index (χ1v) is 6.70. The Morgan fingerprint density at radius 3 is 2.84 bits per heavy atom. The van der Waals surface area contributed by atoms with Crippen LogP contribution in [0.15, 0.2) is 18.2 Å². The first-order chi connectivity index (χ1) is 9.13. The van der Waals surface area contributed by atoms with Crippen LogP contribution in [-0.4, -0.2) is 11.5 Å². The van der Waals surface area contributed by atoms with Crippen molar-refractivity contribution >= 4 is 5.69 Å². The molecule has 2 fully saturated rings. The normalized spacial score (nSPS) is 28.6. The van der Waals surface area contributed by atoms with Crippen LogP contribution in [0.1, 0.15) is 25.7 Å². The maximum Gasteiger partial charge on any atom is 0.311 e. The van der Waals surface area contributed by atoms with Crippen molar-refractivity contribution in [2.45, 2.75) is 25.7 Å². The fourth-order valence-corrected chi connectivity index (χ4v) is 3.53. The lowest BCUT2D eigenvalue weighted by atomic mass is 9.89. The predicted molar refractivity (Wildman–Crippen MR) is 67.5 cm³/mol. The SMILES string of the molecule is O=[N+]([O-])c1ccc(F)cc1OCC1CC2CCC1C2. The van der Waals surface area contributed by atoms with Crippen LogP contribution in [0.4, 0.5) is 10.1 Å². The van der Waals surface area contributed by atoms with Gasteiger partial charge in [0.15, 0.2) is 5.75 Å². The Kier molecular flexibility index (Phi) is 3.12. The summed E-state index contributed by atoms with van der Waals surface area (Å²) in [6.07, 6.45) is 4.96. The highest BCUT2D eigenvalue weighted by atomic mass is 19.1. The van der Waals surface area contributed by atoms with Crippen LogP contribution in [0.25, 0.3) is 0 Å². The van der Waals surface area contributed by atoms with E-state index in [0.29, 0.717) is 18.4 Å². The highest BCUT2D eigenvalue weighted by Gasteiger charge is 2.39. The first kappa shape index (κ1) is 12.4. The van der Waals surface area contributed by atoms with Gasteiger partial charge in [-0.25, -0.2) is 4.39 Å².